The lowest BCUT2D eigenvalue weighted by Crippen LogP contribution is -2.46. The van der Waals surface area contributed by atoms with Gasteiger partial charge in [0.1, 0.15) is 6.10 Å². The first kappa shape index (κ1) is 15.5. The fourth-order valence-electron chi connectivity index (χ4n) is 2.51. The van der Waals surface area contributed by atoms with Gasteiger partial charge in [-0.2, -0.15) is 0 Å². The molecule has 1 aliphatic heterocycles. The molecule has 2 rings (SSSR count). The van der Waals surface area contributed by atoms with E-state index in [1.54, 1.807) is 0 Å². The van der Waals surface area contributed by atoms with Gasteiger partial charge in [0.15, 0.2) is 6.10 Å². The number of amides is 1. The number of carbonyl (C=O) groups is 2. The zero-order valence-corrected chi connectivity index (χ0v) is 12.6. The molecule has 1 fully saturated rings. The number of carbonyl (C=O) groups excluding carboxylic acids is 1. The van der Waals surface area contributed by atoms with Gasteiger partial charge >= 0.3 is 5.97 Å². The molecule has 1 saturated heterocycles. The quantitative estimate of drug-likeness (QED) is 0.889. The number of aliphatic carboxylic acids is 1. The Balaban J connectivity index is 2.03. The van der Waals surface area contributed by atoms with E-state index in [0.717, 1.165) is 11.1 Å². The lowest BCUT2D eigenvalue weighted by molar-refractivity contribution is -0.152. The highest BCUT2D eigenvalue weighted by Gasteiger charge is 2.36. The average Bonchev–Trinajstić information content (AvgIpc) is 2.88. The van der Waals surface area contributed by atoms with Crippen molar-refractivity contribution in [2.45, 2.75) is 51.4 Å². The maximum absolute atomic E-state index is 12.3. The van der Waals surface area contributed by atoms with Gasteiger partial charge in [-0.25, -0.2) is 4.79 Å². The zero-order chi connectivity index (χ0) is 15.6. The van der Waals surface area contributed by atoms with Gasteiger partial charge < -0.3 is 15.2 Å². The number of benzene rings is 1. The van der Waals surface area contributed by atoms with Gasteiger partial charge in [0, 0.05) is 0 Å². The van der Waals surface area contributed by atoms with Gasteiger partial charge in [-0.05, 0) is 39.2 Å². The van der Waals surface area contributed by atoms with Crippen LogP contribution in [0.4, 0.5) is 0 Å². The highest BCUT2D eigenvalue weighted by Crippen LogP contribution is 2.24. The lowest BCUT2D eigenvalue weighted by atomic mass is 9.92. The molecule has 5 nitrogen and oxygen atoms in total. The minimum absolute atomic E-state index is 0.259. The fraction of sp³-hybridized carbons (Fsp3) is 0.500. The van der Waals surface area contributed by atoms with Crippen LogP contribution >= 0.6 is 0 Å². The highest BCUT2D eigenvalue weighted by molar-refractivity contribution is 5.83. The van der Waals surface area contributed by atoms with Crippen molar-refractivity contribution in [3.63, 3.8) is 0 Å². The summed E-state index contributed by atoms with van der Waals surface area (Å²) in [5, 5.41) is 11.8. The van der Waals surface area contributed by atoms with E-state index in [4.69, 9.17) is 9.84 Å². The second kappa shape index (κ2) is 5.85. The summed E-state index contributed by atoms with van der Waals surface area (Å²) < 4.78 is 5.28. The normalized spacial score (nSPS) is 22.0. The molecule has 1 aromatic carbocycles. The van der Waals surface area contributed by atoms with Crippen LogP contribution in [0.3, 0.4) is 0 Å². The van der Waals surface area contributed by atoms with Crippen molar-refractivity contribution < 1.29 is 19.4 Å². The molecule has 0 unspecified atom stereocenters. The first-order chi connectivity index (χ1) is 9.79. The second-order valence-electron chi connectivity index (χ2n) is 6.01. The summed E-state index contributed by atoms with van der Waals surface area (Å²) in [6, 6.07) is 7.93. The molecular weight excluding hydrogens is 270 g/mol. The SMILES string of the molecule is Cc1cccc(C(C)(C)NC(=O)[C@@H]2CC[C@H](C(=O)O)O2)c1. The third kappa shape index (κ3) is 3.61. The standard InChI is InChI=1S/C16H21NO4/c1-10-5-4-6-11(9-10)16(2,3)17-14(18)12-7-8-13(21-12)15(19)20/h4-6,9,12-13H,7-8H2,1-3H3,(H,17,18)(H,19,20)/t12-,13+/m0/s1. The Morgan fingerprint density at radius 2 is 1.95 bits per heavy atom. The summed E-state index contributed by atoms with van der Waals surface area (Å²) in [4.78, 5) is 23.1. The Labute approximate surface area is 124 Å². The molecule has 2 N–H and O–H groups in total. The second-order valence-corrected chi connectivity index (χ2v) is 6.01. The third-order valence-corrected chi connectivity index (χ3v) is 3.76. The Kier molecular flexibility index (Phi) is 4.32. The number of carboxylic acid groups (broad SMARTS) is 1. The van der Waals surface area contributed by atoms with Crippen LogP contribution in [0.5, 0.6) is 0 Å². The molecule has 2 atom stereocenters. The summed E-state index contributed by atoms with van der Waals surface area (Å²) in [6.07, 6.45) is -0.747. The molecule has 0 radical (unpaired) electrons. The Bertz CT molecular complexity index is 553. The molecule has 0 aliphatic carbocycles. The van der Waals surface area contributed by atoms with Crippen molar-refractivity contribution in [3.8, 4) is 0 Å². The van der Waals surface area contributed by atoms with Crippen LogP contribution in [0.1, 0.15) is 37.8 Å². The number of hydrogen-bond acceptors (Lipinski definition) is 3. The fourth-order valence-corrected chi connectivity index (χ4v) is 2.51. The number of carboxylic acids is 1. The largest absolute Gasteiger partial charge is 0.479 e. The van der Waals surface area contributed by atoms with E-state index in [9.17, 15) is 9.59 Å². The number of hydrogen-bond donors (Lipinski definition) is 2. The Morgan fingerprint density at radius 3 is 2.52 bits per heavy atom. The van der Waals surface area contributed by atoms with Crippen LogP contribution in [-0.2, 0) is 19.9 Å². The van der Waals surface area contributed by atoms with Crippen LogP contribution in [0.2, 0.25) is 0 Å². The molecule has 21 heavy (non-hydrogen) atoms. The van der Waals surface area contributed by atoms with E-state index in [1.165, 1.54) is 0 Å². The van der Waals surface area contributed by atoms with E-state index in [1.807, 2.05) is 45.0 Å². The van der Waals surface area contributed by atoms with Crippen LogP contribution in [0.15, 0.2) is 24.3 Å². The highest BCUT2D eigenvalue weighted by atomic mass is 16.5. The van der Waals surface area contributed by atoms with Gasteiger partial charge in [0.05, 0.1) is 5.54 Å². The van der Waals surface area contributed by atoms with Crippen molar-refractivity contribution in [1.82, 2.24) is 5.32 Å². The molecule has 1 aromatic rings. The van der Waals surface area contributed by atoms with Gasteiger partial charge in [-0.1, -0.05) is 29.8 Å². The minimum atomic E-state index is -1.01. The molecule has 1 heterocycles. The monoisotopic (exact) mass is 291 g/mol. The first-order valence-electron chi connectivity index (χ1n) is 7.07. The third-order valence-electron chi connectivity index (χ3n) is 3.76. The van der Waals surface area contributed by atoms with Crippen LogP contribution < -0.4 is 5.32 Å². The van der Waals surface area contributed by atoms with Crippen LogP contribution in [0, 0.1) is 6.92 Å². The van der Waals surface area contributed by atoms with Crippen molar-refractivity contribution in [3.05, 3.63) is 35.4 Å². The molecule has 5 heteroatoms. The smallest absolute Gasteiger partial charge is 0.332 e. The maximum atomic E-state index is 12.3. The van der Waals surface area contributed by atoms with E-state index in [0.29, 0.717) is 12.8 Å². The topological polar surface area (TPSA) is 75.6 Å². The molecule has 1 aliphatic rings. The van der Waals surface area contributed by atoms with Gasteiger partial charge in [-0.3, -0.25) is 4.79 Å². The van der Waals surface area contributed by atoms with Crippen molar-refractivity contribution in [1.29, 1.82) is 0 Å². The lowest BCUT2D eigenvalue weighted by Gasteiger charge is -2.28. The number of aryl methyl sites for hydroxylation is 1. The summed E-state index contributed by atoms with van der Waals surface area (Å²) in [5.74, 6) is -1.27. The predicted octanol–water partition coefficient (Wildman–Crippen LogP) is 1.98. The van der Waals surface area contributed by atoms with Gasteiger partial charge in [0.25, 0.3) is 0 Å². The minimum Gasteiger partial charge on any atom is -0.479 e. The number of rotatable bonds is 4. The van der Waals surface area contributed by atoms with E-state index in [2.05, 4.69) is 5.32 Å². The van der Waals surface area contributed by atoms with E-state index < -0.39 is 23.7 Å². The van der Waals surface area contributed by atoms with Crippen LogP contribution in [-0.4, -0.2) is 29.2 Å². The Morgan fingerprint density at radius 1 is 1.29 bits per heavy atom. The number of nitrogens with one attached hydrogen (secondary N) is 1. The van der Waals surface area contributed by atoms with Crippen molar-refractivity contribution >= 4 is 11.9 Å². The molecule has 0 saturated carbocycles. The molecule has 0 spiro atoms. The van der Waals surface area contributed by atoms with Gasteiger partial charge in [-0.15, -0.1) is 0 Å². The van der Waals surface area contributed by atoms with Crippen LogP contribution in [0.25, 0.3) is 0 Å². The first-order valence-corrected chi connectivity index (χ1v) is 7.07. The van der Waals surface area contributed by atoms with E-state index >= 15 is 0 Å². The maximum Gasteiger partial charge on any atom is 0.332 e. The van der Waals surface area contributed by atoms with Gasteiger partial charge in [0.2, 0.25) is 5.91 Å². The summed E-state index contributed by atoms with van der Waals surface area (Å²) in [6.45, 7) is 5.84. The molecule has 114 valence electrons. The average molecular weight is 291 g/mol. The number of ether oxygens (including phenoxy) is 1. The van der Waals surface area contributed by atoms with Crippen molar-refractivity contribution in [2.75, 3.05) is 0 Å². The van der Waals surface area contributed by atoms with E-state index in [-0.39, 0.29) is 5.91 Å². The molecular formula is C16H21NO4. The molecule has 1 amide bonds. The molecule has 0 bridgehead atoms. The zero-order valence-electron chi connectivity index (χ0n) is 12.6. The summed E-state index contributed by atoms with van der Waals surface area (Å²) in [7, 11) is 0. The van der Waals surface area contributed by atoms with Crippen molar-refractivity contribution in [2.24, 2.45) is 0 Å². The summed E-state index contributed by atoms with van der Waals surface area (Å²) in [5.41, 5.74) is 1.59. The summed E-state index contributed by atoms with van der Waals surface area (Å²) >= 11 is 0. The molecule has 0 aromatic heterocycles. The Hall–Kier alpha value is -1.88. The predicted molar refractivity (Wildman–Crippen MR) is 77.9 cm³/mol.